The lowest BCUT2D eigenvalue weighted by Crippen LogP contribution is -2.28. The summed E-state index contributed by atoms with van der Waals surface area (Å²) in [6, 6.07) is 6.62. The maximum absolute atomic E-state index is 13.2. The fraction of sp³-hybridized carbons (Fsp3) is 0.556. The lowest BCUT2D eigenvalue weighted by atomic mass is 9.71. The number of nitrogens with zero attached hydrogens (tertiary/aromatic N) is 3. The van der Waals surface area contributed by atoms with Crippen molar-refractivity contribution in [2.24, 2.45) is 11.3 Å². The average Bonchev–Trinajstić information content (AvgIpc) is 3.17. The Bertz CT molecular complexity index is 1180. The molecule has 1 amide bonds. The minimum absolute atomic E-state index is 0.126. The van der Waals surface area contributed by atoms with Gasteiger partial charge in [0, 0.05) is 10.6 Å². The zero-order valence-corrected chi connectivity index (χ0v) is 22.1. The number of aromatic nitrogens is 1. The number of thiophene rings is 1. The first-order valence-electron chi connectivity index (χ1n) is 12.2. The van der Waals surface area contributed by atoms with E-state index in [0.29, 0.717) is 33.5 Å². The van der Waals surface area contributed by atoms with E-state index in [1.54, 1.807) is 11.3 Å². The van der Waals surface area contributed by atoms with Gasteiger partial charge in [0.2, 0.25) is 5.91 Å². The first-order chi connectivity index (χ1) is 16.2. The van der Waals surface area contributed by atoms with Gasteiger partial charge in [-0.25, -0.2) is 4.98 Å². The second kappa shape index (κ2) is 10.1. The number of nitrogens with one attached hydrogen (secondary N) is 1. The Kier molecular flexibility index (Phi) is 7.36. The number of pyridine rings is 1. The Hall–Kier alpha value is -2.35. The van der Waals surface area contributed by atoms with Gasteiger partial charge in [0.15, 0.2) is 0 Å². The van der Waals surface area contributed by atoms with Crippen LogP contribution in [0.25, 0.3) is 0 Å². The molecule has 2 aromatic rings. The monoisotopic (exact) mass is 492 g/mol. The van der Waals surface area contributed by atoms with Crippen LogP contribution in [0.15, 0.2) is 11.1 Å². The third kappa shape index (κ3) is 5.02. The van der Waals surface area contributed by atoms with Gasteiger partial charge in [-0.2, -0.15) is 10.5 Å². The zero-order chi connectivity index (χ0) is 24.5. The smallest absolute Gasteiger partial charge is 0.238 e. The molecule has 2 aromatic heterocycles. The quantitative estimate of drug-likeness (QED) is 0.486. The van der Waals surface area contributed by atoms with Gasteiger partial charge >= 0.3 is 0 Å². The lowest BCUT2D eigenvalue weighted by Gasteiger charge is -2.34. The number of carbonyl (C=O) groups excluding carboxylic acids is 1. The van der Waals surface area contributed by atoms with Crippen LogP contribution < -0.4 is 5.32 Å². The first kappa shape index (κ1) is 24.8. The SMILES string of the molecule is CCC(Sc1nc2c(cc1C#N)CC(C(C)(C)C)CC2)C(=O)Nc1sc2c(c1C#N)CCCC2. The molecule has 0 spiro atoms. The van der Waals surface area contributed by atoms with Gasteiger partial charge in [0.1, 0.15) is 22.2 Å². The number of anilines is 1. The summed E-state index contributed by atoms with van der Waals surface area (Å²) in [5.41, 5.74) is 4.76. The van der Waals surface area contributed by atoms with Crippen LogP contribution in [0.3, 0.4) is 0 Å². The largest absolute Gasteiger partial charge is 0.316 e. The highest BCUT2D eigenvalue weighted by Crippen LogP contribution is 2.40. The molecular weight excluding hydrogens is 460 g/mol. The van der Waals surface area contributed by atoms with Gasteiger partial charge < -0.3 is 5.32 Å². The molecule has 5 nitrogen and oxygen atoms in total. The van der Waals surface area contributed by atoms with Gasteiger partial charge in [-0.15, -0.1) is 11.3 Å². The molecule has 34 heavy (non-hydrogen) atoms. The Labute approximate surface area is 211 Å². The third-order valence-corrected chi connectivity index (χ3v) is 9.71. The molecule has 0 aliphatic heterocycles. The van der Waals surface area contributed by atoms with Crippen molar-refractivity contribution in [1.29, 1.82) is 10.5 Å². The second-order valence-corrected chi connectivity index (χ2v) is 12.7. The minimum atomic E-state index is -0.380. The van der Waals surface area contributed by atoms with E-state index >= 15 is 0 Å². The van der Waals surface area contributed by atoms with Crippen molar-refractivity contribution in [2.45, 2.75) is 89.3 Å². The number of amides is 1. The van der Waals surface area contributed by atoms with E-state index in [0.717, 1.165) is 56.2 Å². The minimum Gasteiger partial charge on any atom is -0.316 e. The maximum Gasteiger partial charge on any atom is 0.238 e. The normalized spacial score (nSPS) is 18.2. The fourth-order valence-corrected chi connectivity index (χ4v) is 7.22. The summed E-state index contributed by atoms with van der Waals surface area (Å²) < 4.78 is 0. The van der Waals surface area contributed by atoms with Crippen molar-refractivity contribution < 1.29 is 4.79 Å². The summed E-state index contributed by atoms with van der Waals surface area (Å²) in [4.78, 5) is 19.3. The van der Waals surface area contributed by atoms with Crippen LogP contribution in [-0.2, 0) is 30.5 Å². The van der Waals surface area contributed by atoms with E-state index in [-0.39, 0.29) is 16.6 Å². The molecule has 2 aliphatic carbocycles. The molecule has 2 aliphatic rings. The molecule has 0 saturated carbocycles. The van der Waals surface area contributed by atoms with Crippen LogP contribution in [-0.4, -0.2) is 16.1 Å². The van der Waals surface area contributed by atoms with Crippen molar-refractivity contribution in [3.8, 4) is 12.1 Å². The summed E-state index contributed by atoms with van der Waals surface area (Å²) in [6.45, 7) is 8.80. The summed E-state index contributed by atoms with van der Waals surface area (Å²) in [7, 11) is 0. The fourth-order valence-electron chi connectivity index (χ4n) is 4.98. The number of hydrogen-bond donors (Lipinski definition) is 1. The number of thioether (sulfide) groups is 1. The molecular formula is C27H32N4OS2. The highest BCUT2D eigenvalue weighted by Gasteiger charge is 2.31. The van der Waals surface area contributed by atoms with Crippen LogP contribution in [0.4, 0.5) is 5.00 Å². The number of rotatable bonds is 5. The van der Waals surface area contributed by atoms with Crippen molar-refractivity contribution in [1.82, 2.24) is 4.98 Å². The third-order valence-electron chi connectivity index (χ3n) is 7.13. The van der Waals surface area contributed by atoms with Crippen LogP contribution >= 0.6 is 23.1 Å². The summed E-state index contributed by atoms with van der Waals surface area (Å²) >= 11 is 2.92. The number of carbonyl (C=O) groups is 1. The second-order valence-electron chi connectivity index (χ2n) is 10.4. The molecule has 0 bridgehead atoms. The predicted octanol–water partition coefficient (Wildman–Crippen LogP) is 6.43. The molecule has 2 atom stereocenters. The van der Waals surface area contributed by atoms with E-state index in [9.17, 15) is 15.3 Å². The number of nitriles is 2. The maximum atomic E-state index is 13.2. The summed E-state index contributed by atoms with van der Waals surface area (Å²) in [6.07, 6.45) is 7.69. The molecule has 1 N–H and O–H groups in total. The Morgan fingerprint density at radius 2 is 2.03 bits per heavy atom. The number of fused-ring (bicyclic) bond motifs is 2. The van der Waals surface area contributed by atoms with Crippen molar-refractivity contribution in [3.63, 3.8) is 0 Å². The molecule has 0 saturated heterocycles. The van der Waals surface area contributed by atoms with Crippen molar-refractivity contribution in [2.75, 3.05) is 5.32 Å². The summed E-state index contributed by atoms with van der Waals surface area (Å²) in [5, 5.41) is 23.5. The molecule has 0 radical (unpaired) electrons. The number of hydrogen-bond acceptors (Lipinski definition) is 6. The van der Waals surface area contributed by atoms with Gasteiger partial charge in [-0.05, 0) is 79.9 Å². The number of aryl methyl sites for hydroxylation is 2. The van der Waals surface area contributed by atoms with Crippen LogP contribution in [0, 0.1) is 34.0 Å². The molecule has 2 unspecified atom stereocenters. The van der Waals surface area contributed by atoms with E-state index in [1.165, 1.54) is 22.2 Å². The van der Waals surface area contributed by atoms with E-state index in [2.05, 4.69) is 38.2 Å². The van der Waals surface area contributed by atoms with E-state index in [1.807, 2.05) is 13.0 Å². The zero-order valence-electron chi connectivity index (χ0n) is 20.5. The summed E-state index contributed by atoms with van der Waals surface area (Å²) in [5.74, 6) is 0.450. The van der Waals surface area contributed by atoms with Gasteiger partial charge in [0.05, 0.1) is 16.4 Å². The molecule has 0 aromatic carbocycles. The van der Waals surface area contributed by atoms with E-state index in [4.69, 9.17) is 4.98 Å². The highest BCUT2D eigenvalue weighted by molar-refractivity contribution is 8.00. The first-order valence-corrected chi connectivity index (χ1v) is 13.9. The van der Waals surface area contributed by atoms with Crippen molar-refractivity contribution in [3.05, 3.63) is 38.9 Å². The molecule has 2 heterocycles. The highest BCUT2D eigenvalue weighted by atomic mass is 32.2. The topological polar surface area (TPSA) is 89.6 Å². The Balaban J connectivity index is 1.54. The Morgan fingerprint density at radius 3 is 2.71 bits per heavy atom. The van der Waals surface area contributed by atoms with Crippen molar-refractivity contribution >= 4 is 34.0 Å². The standard InChI is InChI=1S/C27H32N4OS2/c1-5-22(24(32)31-26-20(15-29)19-8-6-7-9-23(19)34-26)33-25-17(14-28)12-16-13-18(27(2,3)4)10-11-21(16)30-25/h12,18,22H,5-11,13H2,1-4H3,(H,31,32). The lowest BCUT2D eigenvalue weighted by molar-refractivity contribution is -0.115. The predicted molar refractivity (Wildman–Crippen MR) is 138 cm³/mol. The molecule has 178 valence electrons. The van der Waals surface area contributed by atoms with Gasteiger partial charge in [0.25, 0.3) is 0 Å². The molecule has 0 fully saturated rings. The van der Waals surface area contributed by atoms with Crippen LogP contribution in [0.5, 0.6) is 0 Å². The van der Waals surface area contributed by atoms with Crippen LogP contribution in [0.2, 0.25) is 0 Å². The van der Waals surface area contributed by atoms with Gasteiger partial charge in [-0.3, -0.25) is 4.79 Å². The average molecular weight is 493 g/mol. The van der Waals surface area contributed by atoms with E-state index < -0.39 is 0 Å². The molecule has 4 rings (SSSR count). The Morgan fingerprint density at radius 1 is 1.26 bits per heavy atom. The molecule has 7 heteroatoms. The van der Waals surface area contributed by atoms with Crippen LogP contribution in [0.1, 0.15) is 86.2 Å². The van der Waals surface area contributed by atoms with Gasteiger partial charge in [-0.1, -0.05) is 39.5 Å².